The van der Waals surface area contributed by atoms with E-state index in [9.17, 15) is 158 Å². The Balaban J connectivity index is 7.67. The van der Waals surface area contributed by atoms with Gasteiger partial charge in [-0.15, -0.1) is 0 Å². The average Bonchev–Trinajstić information content (AvgIpc) is 2.88. The summed E-state index contributed by atoms with van der Waals surface area (Å²) in [5.74, 6) is -99.4. The zero-order valence-corrected chi connectivity index (χ0v) is 23.3. The first-order valence-electron chi connectivity index (χ1n) is 10.8. The molecule has 326 valence electrons. The number of alkyl halides is 33. The molecule has 0 aliphatic rings. The third-order valence-electron chi connectivity index (χ3n) is 6.03. The summed E-state index contributed by atoms with van der Waals surface area (Å²) < 4.78 is 470. The normalized spacial score (nSPS) is 17.3. The fourth-order valence-corrected chi connectivity index (χ4v) is 3.33. The quantitative estimate of drug-likeness (QED) is 0.121. The summed E-state index contributed by atoms with van der Waals surface area (Å²) in [4.78, 5) is 0. The Labute approximate surface area is 268 Å². The third-order valence-corrected chi connectivity index (χ3v) is 6.92. The predicted molar refractivity (Wildman–Crippen MR) is 91.0 cm³/mol. The Morgan fingerprint density at radius 2 is 0.481 bits per heavy atom. The van der Waals surface area contributed by atoms with Crippen molar-refractivity contribution in [3.8, 4) is 0 Å². The van der Waals surface area contributed by atoms with Crippen LogP contribution in [0.1, 0.15) is 0 Å². The molecule has 0 fully saturated rings. The molecule has 0 rings (SSSR count). The van der Waals surface area contributed by atoms with E-state index in [1.54, 1.807) is 0 Å². The number of hydrogen-bond donors (Lipinski definition) is 0. The molecule has 0 N–H and O–H groups in total. The van der Waals surface area contributed by atoms with Crippen LogP contribution in [0.15, 0.2) is 0 Å². The first kappa shape index (κ1) is 51.6. The van der Waals surface area contributed by atoms with Crippen molar-refractivity contribution in [2.45, 2.75) is 94.7 Å². The largest absolute Gasteiger partial charge is 0.743 e. The van der Waals surface area contributed by atoms with Gasteiger partial charge in [0.2, 0.25) is 0 Å². The Hall–Kier alpha value is -2.44. The molecule has 0 aromatic carbocycles. The minimum absolute atomic E-state index is 0.550. The fraction of sp³-hybridized carbons (Fsp3) is 1.00. The highest BCUT2D eigenvalue weighted by Gasteiger charge is 3.00. The molecule has 54 heavy (non-hydrogen) atoms. The number of halogens is 33. The first-order chi connectivity index (χ1) is 22.5. The van der Waals surface area contributed by atoms with Crippen molar-refractivity contribution in [2.24, 2.45) is 0 Å². The molecule has 0 amide bonds. The minimum Gasteiger partial charge on any atom is -0.743 e. The van der Waals surface area contributed by atoms with Gasteiger partial charge in [-0.25, -0.2) is 17.5 Å². The van der Waals surface area contributed by atoms with Crippen LogP contribution in [0.2, 0.25) is 0 Å². The van der Waals surface area contributed by atoms with Gasteiger partial charge in [-0.1, -0.05) is 0 Å². The van der Waals surface area contributed by atoms with Crippen molar-refractivity contribution >= 4 is 10.1 Å². The molecule has 0 aromatic heterocycles. The second-order valence-electron chi connectivity index (χ2n) is 9.50. The van der Waals surface area contributed by atoms with Gasteiger partial charge in [0.25, 0.3) is 0 Å². The van der Waals surface area contributed by atoms with Crippen LogP contribution in [0.5, 0.6) is 0 Å². The Bertz CT molecular complexity index is 1480. The topological polar surface area (TPSA) is 66.4 Å². The van der Waals surface area contributed by atoms with Crippen LogP contribution < -0.4 is 0 Å². The number of hydrogen-bond acceptors (Lipinski definition) is 4. The highest BCUT2D eigenvalue weighted by Crippen LogP contribution is 2.68. The number of rotatable bonds is 15. The molecule has 0 unspecified atom stereocenters. The highest BCUT2D eigenvalue weighted by molar-refractivity contribution is 7.86. The van der Waals surface area contributed by atoms with Crippen molar-refractivity contribution in [3.63, 3.8) is 0 Å². The van der Waals surface area contributed by atoms with Gasteiger partial charge in [0, 0.05) is 0 Å². The predicted octanol–water partition coefficient (Wildman–Crippen LogP) is 9.51. The highest BCUT2D eigenvalue weighted by atomic mass is 32.2. The van der Waals surface area contributed by atoms with E-state index < -0.39 is 105 Å². The molecule has 0 radical (unpaired) electrons. The maximum atomic E-state index is 13.8. The lowest BCUT2D eigenvalue weighted by atomic mass is 9.85. The van der Waals surface area contributed by atoms with Gasteiger partial charge >= 0.3 is 94.7 Å². The molecule has 0 spiro atoms. The SMILES string of the molecule is O=S(=O)([O-])C(F)(F)C(F)(F)C(F)(F)C(F)(F)C(F)(F)C(F)(F)C(F)(F)C(F)(F)C(F)(F)C(F)(F)C(F)(F)C(F)(F)OC(F)(F)C(F)(C(F)(F)F)C(F)(F)F. The summed E-state index contributed by atoms with van der Waals surface area (Å²) in [6.45, 7) is 0. The van der Waals surface area contributed by atoms with Gasteiger partial charge in [0.05, 0.1) is 0 Å². The molecule has 4 nitrogen and oxygen atoms in total. The summed E-state index contributed by atoms with van der Waals surface area (Å²) in [5.41, 5.74) is -8.92. The van der Waals surface area contributed by atoms with E-state index in [4.69, 9.17) is 0 Å². The molecule has 0 bridgehead atoms. The fourth-order valence-electron chi connectivity index (χ4n) is 2.89. The average molecular weight is 915 g/mol. The molecule has 0 aliphatic heterocycles. The van der Waals surface area contributed by atoms with Crippen LogP contribution in [-0.4, -0.2) is 108 Å². The number of ether oxygens (including phenoxy) is 1. The second-order valence-corrected chi connectivity index (χ2v) is 10.9. The lowest BCUT2D eigenvalue weighted by Gasteiger charge is -2.46. The second kappa shape index (κ2) is 12.3. The molecule has 0 heterocycles. The van der Waals surface area contributed by atoms with Crippen LogP contribution in [0.3, 0.4) is 0 Å². The van der Waals surface area contributed by atoms with Gasteiger partial charge in [-0.2, -0.15) is 140 Å². The van der Waals surface area contributed by atoms with Crippen molar-refractivity contribution in [1.29, 1.82) is 0 Å². The lowest BCUT2D eigenvalue weighted by molar-refractivity contribution is -0.529. The van der Waals surface area contributed by atoms with Gasteiger partial charge in [0.1, 0.15) is 0 Å². The summed E-state index contributed by atoms with van der Waals surface area (Å²) >= 11 is 0. The minimum atomic E-state index is -10.2. The van der Waals surface area contributed by atoms with Gasteiger partial charge in [-0.3, -0.25) is 0 Å². The van der Waals surface area contributed by atoms with Gasteiger partial charge < -0.3 is 4.55 Å². The zero-order valence-electron chi connectivity index (χ0n) is 22.5. The zero-order chi connectivity index (χ0) is 45.2. The summed E-state index contributed by atoms with van der Waals surface area (Å²) in [7, 11) is -8.68. The molecule has 0 aliphatic carbocycles. The van der Waals surface area contributed by atoms with E-state index in [-0.39, 0.29) is 0 Å². The maximum absolute atomic E-state index is 13.8. The molecule has 0 aromatic rings. The van der Waals surface area contributed by atoms with E-state index in [1.807, 2.05) is 0 Å². The van der Waals surface area contributed by atoms with E-state index in [1.165, 1.54) is 0 Å². The summed E-state index contributed by atoms with van der Waals surface area (Å²) in [6.07, 6.45) is -35.4. The van der Waals surface area contributed by atoms with Crippen LogP contribution in [0, 0.1) is 0 Å². The smallest absolute Gasteiger partial charge is 0.440 e. The van der Waals surface area contributed by atoms with E-state index in [0.717, 1.165) is 0 Å². The van der Waals surface area contributed by atoms with Crippen LogP contribution in [-0.2, 0) is 14.9 Å². The Morgan fingerprint density at radius 1 is 0.296 bits per heavy atom. The Morgan fingerprint density at radius 3 is 0.667 bits per heavy atom. The van der Waals surface area contributed by atoms with E-state index in [2.05, 4.69) is 0 Å². The molecule has 0 saturated heterocycles. The Kier molecular flexibility index (Phi) is 11.7. The van der Waals surface area contributed by atoms with Crippen LogP contribution in [0.25, 0.3) is 0 Å². The molecule has 38 heteroatoms. The van der Waals surface area contributed by atoms with Crippen molar-refractivity contribution < 1.29 is 163 Å². The summed E-state index contributed by atoms with van der Waals surface area (Å²) in [5, 5.41) is -8.53. The molecule has 0 saturated carbocycles. The summed E-state index contributed by atoms with van der Waals surface area (Å²) in [6, 6.07) is 0. The van der Waals surface area contributed by atoms with Crippen LogP contribution >= 0.6 is 0 Å². The molecule has 0 atom stereocenters. The molecular formula is C16F33O4S-. The third kappa shape index (κ3) is 6.09. The van der Waals surface area contributed by atoms with E-state index >= 15 is 0 Å². The van der Waals surface area contributed by atoms with Crippen molar-refractivity contribution in [2.75, 3.05) is 0 Å². The van der Waals surface area contributed by atoms with Gasteiger partial charge in [-0.05, 0) is 0 Å². The maximum Gasteiger partial charge on any atom is 0.440 e. The lowest BCUT2D eigenvalue weighted by Crippen LogP contribution is -2.78. The monoisotopic (exact) mass is 915 g/mol. The first-order valence-corrected chi connectivity index (χ1v) is 12.3. The van der Waals surface area contributed by atoms with Crippen molar-refractivity contribution in [3.05, 3.63) is 0 Å². The van der Waals surface area contributed by atoms with Crippen LogP contribution in [0.4, 0.5) is 145 Å². The van der Waals surface area contributed by atoms with E-state index in [0.29, 0.717) is 4.74 Å². The van der Waals surface area contributed by atoms with Crippen molar-refractivity contribution in [1.82, 2.24) is 0 Å². The van der Waals surface area contributed by atoms with Gasteiger partial charge in [0.15, 0.2) is 10.1 Å². The standard InChI is InChI=1S/C16HF33O4S/c17-1(12(38,39)40,13(41,42)43)14(44,45)53-15(46,47)10(34,35)8(30,31)6(26,27)4(22,23)2(18,19)3(20,21)5(24,25)7(28,29)9(32,33)11(36,37)16(48,49)54(50,51)52/h(H,50,51,52)/p-1. The molecular weight excluding hydrogens is 915 g/mol.